The lowest BCUT2D eigenvalue weighted by Crippen LogP contribution is -1.95. The highest BCUT2D eigenvalue weighted by Crippen LogP contribution is 2.43. The van der Waals surface area contributed by atoms with Crippen LogP contribution in [0.4, 0.5) is 0 Å². The second-order valence-electron chi connectivity index (χ2n) is 7.66. The lowest BCUT2D eigenvalue weighted by atomic mass is 9.93. The average Bonchev–Trinajstić information content (AvgIpc) is 3.27. The van der Waals surface area contributed by atoms with Gasteiger partial charge in [0.25, 0.3) is 0 Å². The van der Waals surface area contributed by atoms with Gasteiger partial charge in [0.15, 0.2) is 0 Å². The van der Waals surface area contributed by atoms with Gasteiger partial charge in [0.2, 0.25) is 0 Å². The molecular formula is C25H20O2. The summed E-state index contributed by atoms with van der Waals surface area (Å²) in [4.78, 5) is 0. The van der Waals surface area contributed by atoms with E-state index in [1.54, 1.807) is 0 Å². The molecule has 0 spiro atoms. The molecule has 0 fully saturated rings. The molecule has 0 radical (unpaired) electrons. The number of aryl methyl sites for hydroxylation is 1. The van der Waals surface area contributed by atoms with Crippen LogP contribution in [-0.4, -0.2) is 0 Å². The van der Waals surface area contributed by atoms with E-state index < -0.39 is 0 Å². The number of allylic oxidation sites excluding steroid dienone is 2. The van der Waals surface area contributed by atoms with Gasteiger partial charge >= 0.3 is 0 Å². The van der Waals surface area contributed by atoms with Crippen molar-refractivity contribution >= 4 is 34.1 Å². The molecule has 0 saturated heterocycles. The number of hydrogen-bond acceptors (Lipinski definition) is 2. The Labute approximate surface area is 157 Å². The number of fused-ring (bicyclic) bond motifs is 6. The van der Waals surface area contributed by atoms with Crippen LogP contribution in [0.15, 0.2) is 57.4 Å². The third-order valence-electron chi connectivity index (χ3n) is 5.95. The molecule has 132 valence electrons. The highest BCUT2D eigenvalue weighted by Gasteiger charge is 2.24. The molecule has 2 heteroatoms. The Kier molecular flexibility index (Phi) is 3.07. The molecule has 27 heavy (non-hydrogen) atoms. The van der Waals surface area contributed by atoms with Crippen molar-refractivity contribution in [3.8, 4) is 11.1 Å². The fraction of sp³-hybridized carbons (Fsp3) is 0.200. The van der Waals surface area contributed by atoms with Gasteiger partial charge in [-0.15, -0.1) is 0 Å². The molecule has 2 aromatic heterocycles. The summed E-state index contributed by atoms with van der Waals surface area (Å²) >= 11 is 0. The second kappa shape index (κ2) is 5.50. The predicted octanol–water partition coefficient (Wildman–Crippen LogP) is 7.33. The first-order valence-corrected chi connectivity index (χ1v) is 9.74. The van der Waals surface area contributed by atoms with Crippen molar-refractivity contribution in [3.63, 3.8) is 0 Å². The van der Waals surface area contributed by atoms with Crippen molar-refractivity contribution in [1.29, 1.82) is 0 Å². The summed E-state index contributed by atoms with van der Waals surface area (Å²) in [5.74, 6) is 2.62. The summed E-state index contributed by atoms with van der Waals surface area (Å²) in [7, 11) is 0. The van der Waals surface area contributed by atoms with Crippen LogP contribution in [-0.2, 0) is 6.42 Å². The largest absolute Gasteiger partial charge is 0.460 e. The maximum Gasteiger partial charge on any atom is 0.142 e. The quantitative estimate of drug-likeness (QED) is 0.358. The van der Waals surface area contributed by atoms with E-state index in [0.717, 1.165) is 53.1 Å². The highest BCUT2D eigenvalue weighted by molar-refractivity contribution is 6.05. The molecule has 2 aliphatic carbocycles. The third kappa shape index (κ3) is 2.07. The predicted molar refractivity (Wildman–Crippen MR) is 111 cm³/mol. The third-order valence-corrected chi connectivity index (χ3v) is 5.95. The summed E-state index contributed by atoms with van der Waals surface area (Å²) in [6.45, 7) is 2.23. The molecule has 2 nitrogen and oxygen atoms in total. The summed E-state index contributed by atoms with van der Waals surface area (Å²) in [6, 6.07) is 12.9. The van der Waals surface area contributed by atoms with Gasteiger partial charge in [0.1, 0.15) is 22.7 Å². The van der Waals surface area contributed by atoms with Crippen molar-refractivity contribution < 1.29 is 8.83 Å². The van der Waals surface area contributed by atoms with Gasteiger partial charge in [-0.3, -0.25) is 0 Å². The molecule has 0 amide bonds. The van der Waals surface area contributed by atoms with Gasteiger partial charge in [-0.05, 0) is 12.8 Å². The number of para-hydroxylation sites is 2. The number of hydrogen-bond donors (Lipinski definition) is 0. The van der Waals surface area contributed by atoms with Gasteiger partial charge in [-0.25, -0.2) is 0 Å². The van der Waals surface area contributed by atoms with E-state index in [4.69, 9.17) is 8.83 Å². The Morgan fingerprint density at radius 2 is 1.52 bits per heavy atom. The topological polar surface area (TPSA) is 26.3 Å². The molecule has 0 aliphatic heterocycles. The Morgan fingerprint density at radius 1 is 0.815 bits per heavy atom. The Balaban J connectivity index is 1.66. The molecule has 4 aromatic rings. The SMILES string of the molecule is CC1CC=Cc2c1oc1c(-c3cccc4c5c(oc34)CCC=C5)cccc21. The molecule has 0 saturated carbocycles. The molecule has 6 rings (SSSR count). The van der Waals surface area contributed by atoms with E-state index in [9.17, 15) is 0 Å². The van der Waals surface area contributed by atoms with E-state index in [1.165, 1.54) is 21.9 Å². The molecule has 2 heterocycles. The lowest BCUT2D eigenvalue weighted by molar-refractivity contribution is 0.504. The summed E-state index contributed by atoms with van der Waals surface area (Å²) in [6.07, 6.45) is 12.0. The van der Waals surface area contributed by atoms with E-state index in [-0.39, 0.29) is 0 Å². The highest BCUT2D eigenvalue weighted by atomic mass is 16.3. The first-order valence-electron chi connectivity index (χ1n) is 9.74. The fourth-order valence-corrected chi connectivity index (χ4v) is 4.59. The summed E-state index contributed by atoms with van der Waals surface area (Å²) < 4.78 is 12.8. The normalized spacial score (nSPS) is 18.2. The second-order valence-corrected chi connectivity index (χ2v) is 7.66. The minimum Gasteiger partial charge on any atom is -0.460 e. The number of benzene rings is 2. The maximum atomic E-state index is 6.43. The zero-order chi connectivity index (χ0) is 18.0. The fourth-order valence-electron chi connectivity index (χ4n) is 4.59. The van der Waals surface area contributed by atoms with Crippen molar-refractivity contribution in [2.75, 3.05) is 0 Å². The monoisotopic (exact) mass is 352 g/mol. The van der Waals surface area contributed by atoms with Crippen LogP contribution >= 0.6 is 0 Å². The standard InChI is InChI=1S/C25H20O2/c1-15-7-4-9-18-19-11-6-13-21(25(19)27-23(15)18)20-12-5-10-17-16-8-2-3-14-22(16)26-24(17)20/h2,4-6,8-13,15H,3,7,14H2,1H3. The first-order chi connectivity index (χ1) is 13.3. The molecule has 0 bridgehead atoms. The molecule has 1 atom stereocenters. The van der Waals surface area contributed by atoms with Crippen LogP contribution in [0.1, 0.15) is 48.3 Å². The molecule has 1 unspecified atom stereocenters. The van der Waals surface area contributed by atoms with Crippen LogP contribution in [0.3, 0.4) is 0 Å². The smallest absolute Gasteiger partial charge is 0.142 e. The van der Waals surface area contributed by atoms with E-state index in [1.807, 2.05) is 0 Å². The minimum atomic E-state index is 0.419. The number of furan rings is 2. The van der Waals surface area contributed by atoms with Crippen molar-refractivity contribution in [2.24, 2.45) is 0 Å². The lowest BCUT2D eigenvalue weighted by Gasteiger charge is -2.10. The van der Waals surface area contributed by atoms with Gasteiger partial charge in [-0.1, -0.05) is 67.6 Å². The van der Waals surface area contributed by atoms with Crippen molar-refractivity contribution in [3.05, 3.63) is 71.2 Å². The van der Waals surface area contributed by atoms with Crippen molar-refractivity contribution in [1.82, 2.24) is 0 Å². The minimum absolute atomic E-state index is 0.419. The first kappa shape index (κ1) is 15.1. The van der Waals surface area contributed by atoms with Crippen LogP contribution < -0.4 is 0 Å². The summed E-state index contributed by atoms with van der Waals surface area (Å²) in [5.41, 5.74) is 6.64. The van der Waals surface area contributed by atoms with Gasteiger partial charge in [0.05, 0.1) is 0 Å². The van der Waals surface area contributed by atoms with Gasteiger partial charge in [0, 0.05) is 45.4 Å². The maximum absolute atomic E-state index is 6.43. The van der Waals surface area contributed by atoms with E-state index in [0.29, 0.717) is 5.92 Å². The molecule has 2 aliphatic rings. The molecule has 0 N–H and O–H groups in total. The van der Waals surface area contributed by atoms with Crippen LogP contribution in [0.2, 0.25) is 0 Å². The zero-order valence-corrected chi connectivity index (χ0v) is 15.3. The Hall–Kier alpha value is -3.00. The van der Waals surface area contributed by atoms with Gasteiger partial charge in [-0.2, -0.15) is 0 Å². The molecule has 2 aromatic carbocycles. The van der Waals surface area contributed by atoms with Crippen LogP contribution in [0.25, 0.3) is 45.2 Å². The van der Waals surface area contributed by atoms with Gasteiger partial charge < -0.3 is 8.83 Å². The van der Waals surface area contributed by atoms with Crippen LogP contribution in [0.5, 0.6) is 0 Å². The Bertz CT molecular complexity index is 1260. The van der Waals surface area contributed by atoms with Crippen LogP contribution in [0, 0.1) is 0 Å². The molecular weight excluding hydrogens is 332 g/mol. The zero-order valence-electron chi connectivity index (χ0n) is 15.3. The van der Waals surface area contributed by atoms with E-state index in [2.05, 4.69) is 67.6 Å². The van der Waals surface area contributed by atoms with E-state index >= 15 is 0 Å². The Morgan fingerprint density at radius 3 is 2.33 bits per heavy atom. The average molecular weight is 352 g/mol. The van der Waals surface area contributed by atoms with Crippen molar-refractivity contribution in [2.45, 2.75) is 32.1 Å². The summed E-state index contributed by atoms with van der Waals surface area (Å²) in [5, 5.41) is 2.39. The number of rotatable bonds is 1.